The van der Waals surface area contributed by atoms with Gasteiger partial charge in [0.25, 0.3) is 0 Å². The van der Waals surface area contributed by atoms with Gasteiger partial charge in [0.2, 0.25) is 17.8 Å². The quantitative estimate of drug-likeness (QED) is 0.907. The van der Waals surface area contributed by atoms with Crippen molar-refractivity contribution >= 4 is 17.8 Å². The van der Waals surface area contributed by atoms with Crippen LogP contribution in [0, 0.1) is 5.41 Å². The molecule has 1 aromatic rings. The SMILES string of the molecule is CCN(CC)c1nc(N)nc(N2CCC(C)(C)CC2)n1. The van der Waals surface area contributed by atoms with Gasteiger partial charge in [-0.3, -0.25) is 0 Å². The molecule has 1 fully saturated rings. The zero-order chi connectivity index (χ0) is 14.8. The fraction of sp³-hybridized carbons (Fsp3) is 0.786. The van der Waals surface area contributed by atoms with Crippen LogP contribution in [0.15, 0.2) is 0 Å². The van der Waals surface area contributed by atoms with Gasteiger partial charge in [-0.2, -0.15) is 15.0 Å². The van der Waals surface area contributed by atoms with E-state index in [1.165, 1.54) is 0 Å². The van der Waals surface area contributed by atoms with E-state index in [2.05, 4.69) is 52.4 Å². The first kappa shape index (κ1) is 14.8. The Kier molecular flexibility index (Phi) is 4.30. The maximum absolute atomic E-state index is 5.85. The van der Waals surface area contributed by atoms with Crippen molar-refractivity contribution in [3.8, 4) is 0 Å². The van der Waals surface area contributed by atoms with Gasteiger partial charge >= 0.3 is 0 Å². The zero-order valence-electron chi connectivity index (χ0n) is 13.1. The number of rotatable bonds is 4. The van der Waals surface area contributed by atoms with Crippen molar-refractivity contribution < 1.29 is 0 Å². The molecule has 0 unspecified atom stereocenters. The summed E-state index contributed by atoms with van der Waals surface area (Å²) < 4.78 is 0. The molecule has 2 rings (SSSR count). The summed E-state index contributed by atoms with van der Waals surface area (Å²) in [5.41, 5.74) is 6.26. The molecule has 0 atom stereocenters. The van der Waals surface area contributed by atoms with E-state index in [0.29, 0.717) is 17.3 Å². The lowest BCUT2D eigenvalue weighted by atomic mass is 9.83. The van der Waals surface area contributed by atoms with E-state index in [4.69, 9.17) is 5.73 Å². The van der Waals surface area contributed by atoms with E-state index in [-0.39, 0.29) is 0 Å². The first-order valence-corrected chi connectivity index (χ1v) is 7.46. The number of aromatic nitrogens is 3. The Bertz CT molecular complexity index is 445. The Morgan fingerprint density at radius 1 is 1.10 bits per heavy atom. The van der Waals surface area contributed by atoms with E-state index in [1.54, 1.807) is 0 Å². The molecule has 20 heavy (non-hydrogen) atoms. The molecule has 0 aliphatic carbocycles. The summed E-state index contributed by atoms with van der Waals surface area (Å²) in [5.74, 6) is 1.71. The Hall–Kier alpha value is -1.59. The maximum Gasteiger partial charge on any atom is 0.231 e. The van der Waals surface area contributed by atoms with E-state index in [9.17, 15) is 0 Å². The second kappa shape index (κ2) is 5.81. The number of hydrogen-bond acceptors (Lipinski definition) is 6. The Morgan fingerprint density at radius 2 is 1.70 bits per heavy atom. The molecule has 6 nitrogen and oxygen atoms in total. The fourth-order valence-electron chi connectivity index (χ4n) is 2.47. The van der Waals surface area contributed by atoms with Crippen molar-refractivity contribution in [2.24, 2.45) is 5.41 Å². The average molecular weight is 278 g/mol. The first-order chi connectivity index (χ1) is 9.45. The molecule has 0 aromatic carbocycles. The van der Waals surface area contributed by atoms with Crippen LogP contribution in [0.3, 0.4) is 0 Å². The van der Waals surface area contributed by atoms with Gasteiger partial charge in [-0.15, -0.1) is 0 Å². The van der Waals surface area contributed by atoms with Crippen LogP contribution in [0.4, 0.5) is 17.8 Å². The summed E-state index contributed by atoms with van der Waals surface area (Å²) >= 11 is 0. The molecule has 0 saturated carbocycles. The highest BCUT2D eigenvalue weighted by Gasteiger charge is 2.27. The molecule has 0 bridgehead atoms. The number of nitrogens with two attached hydrogens (primary N) is 1. The van der Waals surface area contributed by atoms with E-state index < -0.39 is 0 Å². The molecule has 0 spiro atoms. The van der Waals surface area contributed by atoms with Gasteiger partial charge in [0.1, 0.15) is 0 Å². The predicted molar refractivity (Wildman–Crippen MR) is 83.0 cm³/mol. The highest BCUT2D eigenvalue weighted by molar-refractivity contribution is 5.43. The topological polar surface area (TPSA) is 71.2 Å². The van der Waals surface area contributed by atoms with Gasteiger partial charge in [-0.05, 0) is 32.1 Å². The minimum absolute atomic E-state index is 0.307. The van der Waals surface area contributed by atoms with Crippen LogP contribution in [0.1, 0.15) is 40.5 Å². The molecular weight excluding hydrogens is 252 g/mol. The standard InChI is InChI=1S/C14H26N6/c1-5-19(6-2)12-16-11(15)17-13(18-12)20-9-7-14(3,4)8-10-20/h5-10H2,1-4H3,(H2,15,16,17,18). The lowest BCUT2D eigenvalue weighted by molar-refractivity contribution is 0.278. The lowest BCUT2D eigenvalue weighted by Gasteiger charge is -2.37. The van der Waals surface area contributed by atoms with Crippen LogP contribution in [-0.4, -0.2) is 41.1 Å². The molecule has 1 aliphatic heterocycles. The third kappa shape index (κ3) is 3.29. The third-order valence-electron chi connectivity index (χ3n) is 4.08. The molecular formula is C14H26N6. The molecule has 2 N–H and O–H groups in total. The van der Waals surface area contributed by atoms with Gasteiger partial charge in [0.15, 0.2) is 0 Å². The van der Waals surface area contributed by atoms with E-state index in [0.717, 1.165) is 45.0 Å². The molecule has 1 aliphatic rings. The largest absolute Gasteiger partial charge is 0.368 e. The summed E-state index contributed by atoms with van der Waals surface area (Å²) in [5, 5.41) is 0. The van der Waals surface area contributed by atoms with Crippen molar-refractivity contribution in [3.63, 3.8) is 0 Å². The van der Waals surface area contributed by atoms with Crippen LogP contribution in [0.2, 0.25) is 0 Å². The number of anilines is 3. The second-order valence-electron chi connectivity index (χ2n) is 6.12. The van der Waals surface area contributed by atoms with Crippen LogP contribution < -0.4 is 15.5 Å². The minimum Gasteiger partial charge on any atom is -0.368 e. The number of piperidine rings is 1. The van der Waals surface area contributed by atoms with Gasteiger partial charge in [-0.1, -0.05) is 13.8 Å². The number of nitrogens with zero attached hydrogens (tertiary/aromatic N) is 5. The van der Waals surface area contributed by atoms with Crippen molar-refractivity contribution in [3.05, 3.63) is 0 Å². The Morgan fingerprint density at radius 3 is 2.25 bits per heavy atom. The molecule has 1 aromatic heterocycles. The molecule has 1 saturated heterocycles. The van der Waals surface area contributed by atoms with Crippen molar-refractivity contribution in [2.75, 3.05) is 41.7 Å². The lowest BCUT2D eigenvalue weighted by Crippen LogP contribution is -2.38. The molecule has 0 amide bonds. The Labute approximate surface area is 121 Å². The molecule has 2 heterocycles. The summed E-state index contributed by atoms with van der Waals surface area (Å²) in [6.45, 7) is 12.5. The summed E-state index contributed by atoms with van der Waals surface area (Å²) in [7, 11) is 0. The summed E-state index contributed by atoms with van der Waals surface area (Å²) in [4.78, 5) is 17.5. The smallest absolute Gasteiger partial charge is 0.231 e. The fourth-order valence-corrected chi connectivity index (χ4v) is 2.47. The monoisotopic (exact) mass is 278 g/mol. The minimum atomic E-state index is 0.307. The number of hydrogen-bond donors (Lipinski definition) is 1. The molecule has 112 valence electrons. The van der Waals surface area contributed by atoms with E-state index >= 15 is 0 Å². The molecule has 6 heteroatoms. The van der Waals surface area contributed by atoms with Crippen molar-refractivity contribution in [1.82, 2.24) is 15.0 Å². The Balaban J connectivity index is 2.20. The second-order valence-corrected chi connectivity index (χ2v) is 6.12. The average Bonchev–Trinajstić information content (AvgIpc) is 2.39. The maximum atomic E-state index is 5.85. The van der Waals surface area contributed by atoms with Crippen LogP contribution in [0.25, 0.3) is 0 Å². The van der Waals surface area contributed by atoms with Crippen molar-refractivity contribution in [1.29, 1.82) is 0 Å². The van der Waals surface area contributed by atoms with Crippen molar-refractivity contribution in [2.45, 2.75) is 40.5 Å². The van der Waals surface area contributed by atoms with Crippen LogP contribution >= 0.6 is 0 Å². The molecule has 0 radical (unpaired) electrons. The third-order valence-corrected chi connectivity index (χ3v) is 4.08. The number of nitrogen functional groups attached to an aromatic ring is 1. The van der Waals surface area contributed by atoms with Gasteiger partial charge in [0, 0.05) is 26.2 Å². The first-order valence-electron chi connectivity index (χ1n) is 7.46. The van der Waals surface area contributed by atoms with Crippen LogP contribution in [0.5, 0.6) is 0 Å². The van der Waals surface area contributed by atoms with Gasteiger partial charge in [-0.25, -0.2) is 0 Å². The predicted octanol–water partition coefficient (Wildman–Crippen LogP) is 1.93. The zero-order valence-corrected chi connectivity index (χ0v) is 13.1. The van der Waals surface area contributed by atoms with Crippen LogP contribution in [-0.2, 0) is 0 Å². The van der Waals surface area contributed by atoms with E-state index in [1.807, 2.05) is 0 Å². The van der Waals surface area contributed by atoms with Gasteiger partial charge in [0.05, 0.1) is 0 Å². The van der Waals surface area contributed by atoms with Gasteiger partial charge < -0.3 is 15.5 Å². The highest BCUT2D eigenvalue weighted by Crippen LogP contribution is 2.31. The normalized spacial score (nSPS) is 18.1. The summed E-state index contributed by atoms with van der Waals surface area (Å²) in [6, 6.07) is 0. The highest BCUT2D eigenvalue weighted by atomic mass is 15.3. The summed E-state index contributed by atoms with van der Waals surface area (Å²) in [6.07, 6.45) is 2.30.